The Morgan fingerprint density at radius 3 is 2.68 bits per heavy atom. The fourth-order valence-corrected chi connectivity index (χ4v) is 3.68. The second-order valence-corrected chi connectivity index (χ2v) is 6.58. The summed E-state index contributed by atoms with van der Waals surface area (Å²) in [5.74, 6) is 1.72. The van der Waals surface area contributed by atoms with Crippen molar-refractivity contribution in [3.8, 4) is 11.4 Å². The number of likely N-dealkylation sites (N-methyl/N-ethyl adjacent to an activating group) is 1. The average molecular weight is 332 g/mol. The van der Waals surface area contributed by atoms with E-state index < -0.39 is 0 Å². The van der Waals surface area contributed by atoms with Crippen molar-refractivity contribution in [3.05, 3.63) is 54.6 Å². The maximum absolute atomic E-state index is 4.84. The number of para-hydroxylation sites is 1. The summed E-state index contributed by atoms with van der Waals surface area (Å²) < 4.78 is 0. The van der Waals surface area contributed by atoms with Crippen LogP contribution in [0.2, 0.25) is 0 Å². The van der Waals surface area contributed by atoms with Gasteiger partial charge in [-0.1, -0.05) is 49.4 Å². The third kappa shape index (κ3) is 3.35. The van der Waals surface area contributed by atoms with Crippen LogP contribution in [-0.4, -0.2) is 40.5 Å². The molecule has 2 aromatic carbocycles. The number of rotatable bonds is 5. The smallest absolute Gasteiger partial charge is 0.162 e. The molecule has 0 aliphatic carbocycles. The highest BCUT2D eigenvalue weighted by atomic mass is 15.2. The zero-order valence-corrected chi connectivity index (χ0v) is 14.7. The Balaban J connectivity index is 1.67. The van der Waals surface area contributed by atoms with Gasteiger partial charge in [-0.2, -0.15) is 0 Å². The van der Waals surface area contributed by atoms with E-state index in [-0.39, 0.29) is 0 Å². The van der Waals surface area contributed by atoms with Gasteiger partial charge >= 0.3 is 0 Å². The normalized spacial score (nSPS) is 17.9. The number of fused-ring (bicyclic) bond motifs is 1. The molecule has 128 valence electrons. The molecule has 0 spiro atoms. The molecule has 3 aromatic rings. The number of hydrogen-bond donors (Lipinski definition) is 1. The zero-order chi connectivity index (χ0) is 17.1. The summed E-state index contributed by atoms with van der Waals surface area (Å²) in [6, 6.07) is 19.0. The monoisotopic (exact) mass is 332 g/mol. The molecule has 1 aliphatic heterocycles. The quantitative estimate of drug-likeness (QED) is 0.760. The van der Waals surface area contributed by atoms with Gasteiger partial charge in [-0.15, -0.1) is 0 Å². The number of nitrogens with zero attached hydrogens (tertiary/aromatic N) is 3. The van der Waals surface area contributed by atoms with E-state index in [4.69, 9.17) is 9.97 Å². The summed E-state index contributed by atoms with van der Waals surface area (Å²) in [5, 5.41) is 4.70. The molecular formula is C21H24N4. The van der Waals surface area contributed by atoms with Crippen LogP contribution < -0.4 is 5.32 Å². The largest absolute Gasteiger partial charge is 0.368 e. The number of nitrogens with one attached hydrogen (secondary N) is 1. The Hall–Kier alpha value is -2.46. The van der Waals surface area contributed by atoms with Gasteiger partial charge in [0.1, 0.15) is 5.82 Å². The Bertz CT molecular complexity index is 847. The van der Waals surface area contributed by atoms with Gasteiger partial charge in [0.25, 0.3) is 0 Å². The number of hydrogen-bond acceptors (Lipinski definition) is 4. The van der Waals surface area contributed by atoms with Crippen LogP contribution in [0.3, 0.4) is 0 Å². The maximum Gasteiger partial charge on any atom is 0.162 e. The summed E-state index contributed by atoms with van der Waals surface area (Å²) in [6.07, 6.45) is 2.55. The molecule has 0 radical (unpaired) electrons. The van der Waals surface area contributed by atoms with Crippen LogP contribution in [0.15, 0.2) is 54.6 Å². The van der Waals surface area contributed by atoms with Crippen molar-refractivity contribution < 1.29 is 0 Å². The molecule has 0 amide bonds. The van der Waals surface area contributed by atoms with E-state index in [1.807, 2.05) is 30.3 Å². The number of aromatic nitrogens is 2. The highest BCUT2D eigenvalue weighted by Gasteiger charge is 2.23. The predicted octanol–water partition coefficient (Wildman–Crippen LogP) is 4.19. The van der Waals surface area contributed by atoms with Gasteiger partial charge < -0.3 is 5.32 Å². The van der Waals surface area contributed by atoms with E-state index in [0.717, 1.165) is 41.2 Å². The van der Waals surface area contributed by atoms with Crippen LogP contribution >= 0.6 is 0 Å². The molecule has 1 aliphatic rings. The SMILES string of the molecule is CCN1CCCC1CNc1nc(-c2ccccc2)nc2ccccc12. The van der Waals surface area contributed by atoms with Gasteiger partial charge in [0.2, 0.25) is 0 Å². The molecule has 4 rings (SSSR count). The van der Waals surface area contributed by atoms with E-state index in [0.29, 0.717) is 6.04 Å². The molecule has 1 atom stereocenters. The molecule has 0 saturated carbocycles. The first-order valence-electron chi connectivity index (χ1n) is 9.15. The van der Waals surface area contributed by atoms with E-state index in [2.05, 4.69) is 41.4 Å². The van der Waals surface area contributed by atoms with E-state index in [9.17, 15) is 0 Å². The molecule has 0 bridgehead atoms. The summed E-state index contributed by atoms with van der Waals surface area (Å²) >= 11 is 0. The molecule has 1 N–H and O–H groups in total. The molecule has 1 fully saturated rings. The number of benzene rings is 2. The standard InChI is InChI=1S/C21H24N4/c1-2-25-14-8-11-17(25)15-22-21-18-12-6-7-13-19(18)23-20(24-21)16-9-4-3-5-10-16/h3-7,9-10,12-13,17H,2,8,11,14-15H2,1H3,(H,22,23,24). The van der Waals surface area contributed by atoms with Crippen LogP contribution in [0, 0.1) is 0 Å². The second kappa shape index (κ2) is 7.19. The minimum atomic E-state index is 0.596. The van der Waals surface area contributed by atoms with Crippen LogP contribution in [-0.2, 0) is 0 Å². The summed E-state index contributed by atoms with van der Waals surface area (Å²) in [7, 11) is 0. The van der Waals surface area contributed by atoms with Gasteiger partial charge in [0.05, 0.1) is 5.52 Å². The molecule has 25 heavy (non-hydrogen) atoms. The predicted molar refractivity (Wildman–Crippen MR) is 104 cm³/mol. The lowest BCUT2D eigenvalue weighted by molar-refractivity contribution is 0.277. The third-order valence-electron chi connectivity index (χ3n) is 5.05. The number of anilines is 1. The van der Waals surface area contributed by atoms with Crippen molar-refractivity contribution in [2.24, 2.45) is 0 Å². The highest BCUT2D eigenvalue weighted by molar-refractivity contribution is 5.90. The highest BCUT2D eigenvalue weighted by Crippen LogP contribution is 2.25. The van der Waals surface area contributed by atoms with Crippen molar-refractivity contribution in [1.82, 2.24) is 14.9 Å². The fourth-order valence-electron chi connectivity index (χ4n) is 3.68. The van der Waals surface area contributed by atoms with Gasteiger partial charge in [-0.25, -0.2) is 9.97 Å². The molecule has 1 saturated heterocycles. The van der Waals surface area contributed by atoms with Crippen molar-refractivity contribution in [2.45, 2.75) is 25.8 Å². The molecule has 4 nitrogen and oxygen atoms in total. The molecular weight excluding hydrogens is 308 g/mol. The first-order valence-corrected chi connectivity index (χ1v) is 9.15. The third-order valence-corrected chi connectivity index (χ3v) is 5.05. The van der Waals surface area contributed by atoms with E-state index in [1.54, 1.807) is 0 Å². The minimum Gasteiger partial charge on any atom is -0.368 e. The Morgan fingerprint density at radius 1 is 1.04 bits per heavy atom. The lowest BCUT2D eigenvalue weighted by atomic mass is 10.1. The summed E-state index contributed by atoms with van der Waals surface area (Å²) in [6.45, 7) is 5.50. The van der Waals surface area contributed by atoms with Crippen molar-refractivity contribution in [3.63, 3.8) is 0 Å². The van der Waals surface area contributed by atoms with Crippen LogP contribution in [0.4, 0.5) is 5.82 Å². The van der Waals surface area contributed by atoms with Crippen LogP contribution in [0.25, 0.3) is 22.3 Å². The lowest BCUT2D eigenvalue weighted by Crippen LogP contribution is -2.34. The Labute approximate surface area is 148 Å². The summed E-state index contributed by atoms with van der Waals surface area (Å²) in [4.78, 5) is 12.1. The lowest BCUT2D eigenvalue weighted by Gasteiger charge is -2.23. The maximum atomic E-state index is 4.84. The van der Waals surface area contributed by atoms with Gasteiger partial charge in [-0.05, 0) is 38.1 Å². The Morgan fingerprint density at radius 2 is 1.84 bits per heavy atom. The van der Waals surface area contributed by atoms with Crippen LogP contribution in [0.5, 0.6) is 0 Å². The Kier molecular flexibility index (Phi) is 4.61. The average Bonchev–Trinajstić information content (AvgIpc) is 3.14. The van der Waals surface area contributed by atoms with Crippen LogP contribution in [0.1, 0.15) is 19.8 Å². The first-order chi connectivity index (χ1) is 12.3. The van der Waals surface area contributed by atoms with Crippen molar-refractivity contribution in [1.29, 1.82) is 0 Å². The minimum absolute atomic E-state index is 0.596. The number of likely N-dealkylation sites (tertiary alicyclic amines) is 1. The fraction of sp³-hybridized carbons (Fsp3) is 0.333. The van der Waals surface area contributed by atoms with Gasteiger partial charge in [0.15, 0.2) is 5.82 Å². The van der Waals surface area contributed by atoms with Crippen molar-refractivity contribution >= 4 is 16.7 Å². The van der Waals surface area contributed by atoms with E-state index >= 15 is 0 Å². The summed E-state index contributed by atoms with van der Waals surface area (Å²) in [5.41, 5.74) is 2.03. The first kappa shape index (κ1) is 16.0. The van der Waals surface area contributed by atoms with Gasteiger partial charge in [-0.3, -0.25) is 4.90 Å². The molecule has 2 heterocycles. The van der Waals surface area contributed by atoms with E-state index in [1.165, 1.54) is 19.4 Å². The topological polar surface area (TPSA) is 41.0 Å². The molecule has 1 unspecified atom stereocenters. The zero-order valence-electron chi connectivity index (χ0n) is 14.7. The second-order valence-electron chi connectivity index (χ2n) is 6.58. The van der Waals surface area contributed by atoms with Gasteiger partial charge in [0, 0.05) is 23.5 Å². The van der Waals surface area contributed by atoms with Crippen molar-refractivity contribution in [2.75, 3.05) is 25.0 Å². The molecule has 4 heteroatoms. The molecule has 1 aromatic heterocycles.